The fourth-order valence-corrected chi connectivity index (χ4v) is 2.97. The fourth-order valence-electron chi connectivity index (χ4n) is 2.97. The Balaban J connectivity index is 1.70. The molecule has 3 nitrogen and oxygen atoms in total. The highest BCUT2D eigenvalue weighted by molar-refractivity contribution is 5.87. The topological polar surface area (TPSA) is 36.4 Å². The number of amidine groups is 1. The van der Waals surface area contributed by atoms with Crippen molar-refractivity contribution in [3.05, 3.63) is 0 Å². The van der Waals surface area contributed by atoms with Gasteiger partial charge in [-0.15, -0.1) is 0 Å². The quantitative estimate of drug-likeness (QED) is 0.649. The summed E-state index contributed by atoms with van der Waals surface area (Å²) < 4.78 is 0. The van der Waals surface area contributed by atoms with Crippen LogP contribution < -0.4 is 10.6 Å². The lowest BCUT2D eigenvalue weighted by Gasteiger charge is -2.24. The van der Waals surface area contributed by atoms with E-state index in [-0.39, 0.29) is 0 Å². The van der Waals surface area contributed by atoms with Crippen molar-refractivity contribution in [3.8, 4) is 0 Å². The van der Waals surface area contributed by atoms with Crippen LogP contribution >= 0.6 is 0 Å². The van der Waals surface area contributed by atoms with Crippen LogP contribution in [0.2, 0.25) is 0 Å². The Hall–Kier alpha value is -0.570. The first kappa shape index (κ1) is 8.72. The highest BCUT2D eigenvalue weighted by Gasteiger charge is 2.34. The molecule has 0 aromatic carbocycles. The maximum Gasteiger partial charge on any atom is 0.100 e. The summed E-state index contributed by atoms with van der Waals surface area (Å²) in [4.78, 5) is 4.86. The Morgan fingerprint density at radius 3 is 2.79 bits per heavy atom. The molecule has 78 valence electrons. The Morgan fingerprint density at radius 1 is 1.14 bits per heavy atom. The minimum atomic E-state index is 0.576. The van der Waals surface area contributed by atoms with E-state index < -0.39 is 0 Å². The van der Waals surface area contributed by atoms with E-state index in [9.17, 15) is 0 Å². The Kier molecular flexibility index (Phi) is 2.20. The number of fused-ring (bicyclic) bond motifs is 1. The van der Waals surface area contributed by atoms with E-state index in [2.05, 4.69) is 10.6 Å². The van der Waals surface area contributed by atoms with Gasteiger partial charge in [0.2, 0.25) is 0 Å². The maximum atomic E-state index is 4.86. The minimum Gasteiger partial charge on any atom is -0.367 e. The number of piperidine rings is 1. The van der Waals surface area contributed by atoms with E-state index in [0.717, 1.165) is 19.0 Å². The van der Waals surface area contributed by atoms with E-state index in [1.165, 1.54) is 37.9 Å². The third-order valence-electron chi connectivity index (χ3n) is 3.83. The Bertz CT molecular complexity index is 243. The summed E-state index contributed by atoms with van der Waals surface area (Å²) in [5.41, 5.74) is 0. The lowest BCUT2D eigenvalue weighted by molar-refractivity contribution is 0.401. The number of aliphatic imine (C=N–C) groups is 1. The number of nitrogens with zero attached hydrogens (tertiary/aromatic N) is 1. The monoisotopic (exact) mass is 193 g/mol. The molecule has 1 aliphatic carbocycles. The number of nitrogens with one attached hydrogen (secondary N) is 2. The largest absolute Gasteiger partial charge is 0.367 e. The first-order valence-corrected chi connectivity index (χ1v) is 5.98. The summed E-state index contributed by atoms with van der Waals surface area (Å²) in [5.74, 6) is 2.10. The van der Waals surface area contributed by atoms with Gasteiger partial charge >= 0.3 is 0 Å². The van der Waals surface area contributed by atoms with Crippen molar-refractivity contribution in [2.45, 2.75) is 44.2 Å². The van der Waals surface area contributed by atoms with Crippen LogP contribution in [0.1, 0.15) is 32.1 Å². The zero-order valence-electron chi connectivity index (χ0n) is 8.63. The van der Waals surface area contributed by atoms with E-state index in [1.54, 1.807) is 0 Å². The first-order valence-electron chi connectivity index (χ1n) is 5.98. The van der Waals surface area contributed by atoms with Gasteiger partial charge in [0, 0.05) is 12.5 Å². The standard InChI is InChI=1S/C11H19N3/c1-2-4-8(3-1)11-13-9-5-6-12-7-10(9)14-11/h8-10,12H,1-7H2,(H,13,14). The molecule has 0 aromatic rings. The van der Waals surface area contributed by atoms with Crippen molar-refractivity contribution < 1.29 is 0 Å². The lowest BCUT2D eigenvalue weighted by atomic mass is 10.0. The molecule has 3 aliphatic rings. The molecule has 2 atom stereocenters. The van der Waals surface area contributed by atoms with Crippen LogP contribution in [0, 0.1) is 5.92 Å². The molecule has 2 aliphatic heterocycles. The van der Waals surface area contributed by atoms with Gasteiger partial charge in [-0.3, -0.25) is 4.99 Å². The molecule has 3 rings (SSSR count). The minimum absolute atomic E-state index is 0.576. The molecule has 1 saturated heterocycles. The molecule has 0 aromatic heterocycles. The van der Waals surface area contributed by atoms with Crippen molar-refractivity contribution in [3.63, 3.8) is 0 Å². The van der Waals surface area contributed by atoms with Gasteiger partial charge in [-0.25, -0.2) is 0 Å². The second-order valence-corrected chi connectivity index (χ2v) is 4.81. The predicted molar refractivity (Wildman–Crippen MR) is 57.6 cm³/mol. The second kappa shape index (κ2) is 3.54. The number of hydrogen-bond donors (Lipinski definition) is 2. The lowest BCUT2D eigenvalue weighted by Crippen LogP contribution is -2.48. The number of hydrogen-bond acceptors (Lipinski definition) is 3. The molecule has 14 heavy (non-hydrogen) atoms. The number of rotatable bonds is 1. The molecular weight excluding hydrogens is 174 g/mol. The van der Waals surface area contributed by atoms with Gasteiger partial charge in [0.15, 0.2) is 0 Å². The van der Waals surface area contributed by atoms with Crippen molar-refractivity contribution in [1.82, 2.24) is 10.6 Å². The summed E-state index contributed by atoms with van der Waals surface area (Å²) in [6, 6.07) is 1.17. The van der Waals surface area contributed by atoms with Gasteiger partial charge < -0.3 is 10.6 Å². The Labute approximate surface area is 85.4 Å². The summed E-state index contributed by atoms with van der Waals surface area (Å²) >= 11 is 0. The van der Waals surface area contributed by atoms with Crippen molar-refractivity contribution in [2.75, 3.05) is 13.1 Å². The molecule has 0 radical (unpaired) electrons. The first-order chi connectivity index (χ1) is 6.93. The highest BCUT2D eigenvalue weighted by atomic mass is 15.2. The fraction of sp³-hybridized carbons (Fsp3) is 0.909. The van der Waals surface area contributed by atoms with Crippen LogP contribution in [0.25, 0.3) is 0 Å². The maximum absolute atomic E-state index is 4.86. The third-order valence-corrected chi connectivity index (χ3v) is 3.83. The predicted octanol–water partition coefficient (Wildman–Crippen LogP) is 0.909. The van der Waals surface area contributed by atoms with Crippen LogP contribution in [0.4, 0.5) is 0 Å². The van der Waals surface area contributed by atoms with Crippen molar-refractivity contribution in [2.24, 2.45) is 10.9 Å². The summed E-state index contributed by atoms with van der Waals surface area (Å²) in [6.07, 6.45) is 6.74. The van der Waals surface area contributed by atoms with Crippen LogP contribution in [0.15, 0.2) is 4.99 Å². The molecule has 2 heterocycles. The third kappa shape index (κ3) is 1.44. The molecule has 1 saturated carbocycles. The average molecular weight is 193 g/mol. The Morgan fingerprint density at radius 2 is 2.00 bits per heavy atom. The van der Waals surface area contributed by atoms with E-state index in [0.29, 0.717) is 12.1 Å². The molecule has 0 bridgehead atoms. The second-order valence-electron chi connectivity index (χ2n) is 4.81. The van der Waals surface area contributed by atoms with Crippen molar-refractivity contribution in [1.29, 1.82) is 0 Å². The molecule has 2 fully saturated rings. The van der Waals surface area contributed by atoms with Gasteiger partial charge in [0.25, 0.3) is 0 Å². The normalized spacial score (nSPS) is 37.9. The van der Waals surface area contributed by atoms with E-state index in [4.69, 9.17) is 4.99 Å². The van der Waals surface area contributed by atoms with Crippen LogP contribution in [0.3, 0.4) is 0 Å². The van der Waals surface area contributed by atoms with Gasteiger partial charge in [0.05, 0.1) is 12.1 Å². The van der Waals surface area contributed by atoms with E-state index in [1.807, 2.05) is 0 Å². The summed E-state index contributed by atoms with van der Waals surface area (Å²) in [7, 11) is 0. The zero-order valence-corrected chi connectivity index (χ0v) is 8.63. The summed E-state index contributed by atoms with van der Waals surface area (Å²) in [6.45, 7) is 2.24. The van der Waals surface area contributed by atoms with Gasteiger partial charge in [-0.05, 0) is 25.8 Å². The zero-order chi connectivity index (χ0) is 9.38. The highest BCUT2D eigenvalue weighted by Crippen LogP contribution is 2.28. The molecular formula is C11H19N3. The van der Waals surface area contributed by atoms with Gasteiger partial charge in [0.1, 0.15) is 5.84 Å². The van der Waals surface area contributed by atoms with Crippen LogP contribution in [-0.4, -0.2) is 31.0 Å². The van der Waals surface area contributed by atoms with Crippen LogP contribution in [0.5, 0.6) is 0 Å². The molecule has 2 unspecified atom stereocenters. The van der Waals surface area contributed by atoms with Crippen molar-refractivity contribution >= 4 is 5.84 Å². The molecule has 0 amide bonds. The van der Waals surface area contributed by atoms with Gasteiger partial charge in [-0.1, -0.05) is 12.8 Å². The smallest absolute Gasteiger partial charge is 0.100 e. The van der Waals surface area contributed by atoms with E-state index >= 15 is 0 Å². The molecule has 0 spiro atoms. The van der Waals surface area contributed by atoms with Crippen LogP contribution in [-0.2, 0) is 0 Å². The summed E-state index contributed by atoms with van der Waals surface area (Å²) in [5, 5.41) is 7.05. The SMILES string of the molecule is C1CCC(C2=NC3CCNCC3N2)C1. The molecule has 2 N–H and O–H groups in total. The molecule has 3 heteroatoms. The average Bonchev–Trinajstić information content (AvgIpc) is 2.86. The van der Waals surface area contributed by atoms with Gasteiger partial charge in [-0.2, -0.15) is 0 Å².